The first-order valence-corrected chi connectivity index (χ1v) is 8.86. The number of nitrogens with zero attached hydrogens (tertiary/aromatic N) is 3. The Kier molecular flexibility index (Phi) is 4.09. The van der Waals surface area contributed by atoms with E-state index in [1.165, 1.54) is 28.9 Å². The summed E-state index contributed by atoms with van der Waals surface area (Å²) in [7, 11) is -3.97. The summed E-state index contributed by atoms with van der Waals surface area (Å²) in [6, 6.07) is 9.08. The summed E-state index contributed by atoms with van der Waals surface area (Å²) in [5.41, 5.74) is 0.133. The molecular formula is C13H8BrClN4O3S. The number of imidazole rings is 1. The predicted molar refractivity (Wildman–Crippen MR) is 86.8 cm³/mol. The van der Waals surface area contributed by atoms with Crippen molar-refractivity contribution in [3.05, 3.63) is 57.9 Å². The molecule has 0 aliphatic heterocycles. The third kappa shape index (κ3) is 3.21. The smallest absolute Gasteiger partial charge is 0.266 e. The highest BCUT2D eigenvalue weighted by molar-refractivity contribution is 9.10. The normalized spacial score (nSPS) is 11.6. The first kappa shape index (κ1) is 15.9. The molecule has 0 radical (unpaired) electrons. The van der Waals surface area contributed by atoms with Crippen LogP contribution in [0.3, 0.4) is 0 Å². The number of halogens is 2. The number of amides is 1. The van der Waals surface area contributed by atoms with Crippen molar-refractivity contribution in [1.29, 1.82) is 0 Å². The van der Waals surface area contributed by atoms with Gasteiger partial charge in [0.15, 0.2) is 5.65 Å². The molecule has 7 nitrogen and oxygen atoms in total. The van der Waals surface area contributed by atoms with Crippen LogP contribution in [0.2, 0.25) is 5.02 Å². The van der Waals surface area contributed by atoms with Gasteiger partial charge in [0, 0.05) is 0 Å². The van der Waals surface area contributed by atoms with Crippen LogP contribution in [0.1, 0.15) is 10.5 Å². The van der Waals surface area contributed by atoms with Crippen molar-refractivity contribution in [2.45, 2.75) is 4.90 Å². The molecule has 3 rings (SSSR count). The fourth-order valence-corrected chi connectivity index (χ4v) is 3.60. The van der Waals surface area contributed by atoms with Crippen molar-refractivity contribution in [3.8, 4) is 0 Å². The lowest BCUT2D eigenvalue weighted by atomic mass is 10.4. The molecule has 2 heterocycles. The molecule has 0 fully saturated rings. The molecule has 3 aromatic rings. The Bertz CT molecular complexity index is 1000. The number of benzene rings is 1. The van der Waals surface area contributed by atoms with Gasteiger partial charge in [-0.2, -0.15) is 5.10 Å². The van der Waals surface area contributed by atoms with Crippen molar-refractivity contribution in [3.63, 3.8) is 0 Å². The van der Waals surface area contributed by atoms with Crippen molar-refractivity contribution in [2.75, 3.05) is 0 Å². The molecular weight excluding hydrogens is 408 g/mol. The van der Waals surface area contributed by atoms with E-state index >= 15 is 0 Å². The molecule has 0 unspecified atom stereocenters. The van der Waals surface area contributed by atoms with E-state index in [4.69, 9.17) is 11.6 Å². The summed E-state index contributed by atoms with van der Waals surface area (Å²) in [5.74, 6) is -0.869. The van der Waals surface area contributed by atoms with Crippen LogP contribution in [0.4, 0.5) is 0 Å². The maximum absolute atomic E-state index is 12.2. The van der Waals surface area contributed by atoms with Crippen molar-refractivity contribution >= 4 is 49.1 Å². The minimum Gasteiger partial charge on any atom is -0.266 e. The number of carbonyl (C=O) groups excluding carboxylic acids is 1. The van der Waals surface area contributed by atoms with Gasteiger partial charge in [0.05, 0.1) is 16.1 Å². The second kappa shape index (κ2) is 5.91. The Morgan fingerprint density at radius 1 is 1.26 bits per heavy atom. The van der Waals surface area contributed by atoms with E-state index in [-0.39, 0.29) is 21.3 Å². The van der Waals surface area contributed by atoms with Crippen LogP contribution < -0.4 is 4.72 Å². The summed E-state index contributed by atoms with van der Waals surface area (Å²) in [5, 5.41) is 4.33. The Morgan fingerprint density at radius 3 is 2.65 bits per heavy atom. The Morgan fingerprint density at radius 2 is 1.96 bits per heavy atom. The molecule has 0 saturated heterocycles. The zero-order valence-corrected chi connectivity index (χ0v) is 14.4. The minimum atomic E-state index is -3.97. The maximum Gasteiger partial charge on any atom is 0.285 e. The van der Waals surface area contributed by atoms with Crippen LogP contribution in [-0.2, 0) is 10.0 Å². The van der Waals surface area contributed by atoms with Crippen LogP contribution in [-0.4, -0.2) is 28.9 Å². The fourth-order valence-electron chi connectivity index (χ4n) is 1.85. The molecule has 0 bridgehead atoms. The molecule has 10 heteroatoms. The molecule has 0 aliphatic rings. The number of hydrogen-bond donors (Lipinski definition) is 1. The van der Waals surface area contributed by atoms with E-state index in [0.717, 1.165) is 0 Å². The zero-order chi connectivity index (χ0) is 16.6. The third-order valence-electron chi connectivity index (χ3n) is 2.86. The monoisotopic (exact) mass is 414 g/mol. The lowest BCUT2D eigenvalue weighted by Crippen LogP contribution is -2.30. The summed E-state index contributed by atoms with van der Waals surface area (Å²) >= 11 is 9.17. The minimum absolute atomic E-state index is 0.0176. The van der Waals surface area contributed by atoms with E-state index in [1.807, 2.05) is 4.72 Å². The van der Waals surface area contributed by atoms with E-state index in [0.29, 0.717) is 4.60 Å². The van der Waals surface area contributed by atoms with Crippen LogP contribution in [0.25, 0.3) is 5.65 Å². The molecule has 1 aromatic carbocycles. The lowest BCUT2D eigenvalue weighted by molar-refractivity contribution is 0.0977. The van der Waals surface area contributed by atoms with Crippen LogP contribution in [0, 0.1) is 0 Å². The highest BCUT2D eigenvalue weighted by Crippen LogP contribution is 2.20. The molecule has 0 aliphatic carbocycles. The molecule has 0 spiro atoms. The van der Waals surface area contributed by atoms with Crippen molar-refractivity contribution in [2.24, 2.45) is 0 Å². The highest BCUT2D eigenvalue weighted by atomic mass is 79.9. The van der Waals surface area contributed by atoms with Gasteiger partial charge in [-0.25, -0.2) is 22.6 Å². The van der Waals surface area contributed by atoms with Gasteiger partial charge in [0.1, 0.15) is 10.3 Å². The number of nitrogens with one attached hydrogen (secondary N) is 1. The number of sulfonamides is 1. The van der Waals surface area contributed by atoms with E-state index in [1.54, 1.807) is 18.2 Å². The summed E-state index contributed by atoms with van der Waals surface area (Å²) in [4.78, 5) is 16.1. The molecule has 1 amide bonds. The number of rotatable bonds is 3. The highest BCUT2D eigenvalue weighted by Gasteiger charge is 2.21. The first-order chi connectivity index (χ1) is 10.9. The van der Waals surface area contributed by atoms with Gasteiger partial charge in [0.25, 0.3) is 15.9 Å². The van der Waals surface area contributed by atoms with Gasteiger partial charge >= 0.3 is 0 Å². The second-order valence-electron chi connectivity index (χ2n) is 4.46. The zero-order valence-electron chi connectivity index (χ0n) is 11.3. The van der Waals surface area contributed by atoms with Crippen LogP contribution >= 0.6 is 27.5 Å². The van der Waals surface area contributed by atoms with Gasteiger partial charge in [-0.15, -0.1) is 0 Å². The standard InChI is InChI=1S/C13H8BrClN4O3S/c14-11-6-9(15)12-16-10(7-19(12)17-11)13(20)18-23(21,22)8-4-2-1-3-5-8/h1-7H,(H,18,20). The predicted octanol–water partition coefficient (Wildman–Crippen LogP) is 2.26. The first-order valence-electron chi connectivity index (χ1n) is 6.20. The van der Waals surface area contributed by atoms with E-state index < -0.39 is 15.9 Å². The third-order valence-corrected chi connectivity index (χ3v) is 4.88. The maximum atomic E-state index is 12.2. The summed E-state index contributed by atoms with van der Waals surface area (Å²) in [6.45, 7) is 0. The Hall–Kier alpha value is -1.97. The average Bonchev–Trinajstić information content (AvgIpc) is 2.92. The quantitative estimate of drug-likeness (QED) is 0.708. The van der Waals surface area contributed by atoms with Gasteiger partial charge < -0.3 is 0 Å². The summed E-state index contributed by atoms with van der Waals surface area (Å²) < 4.78 is 28.0. The number of carbonyl (C=O) groups is 1. The molecule has 23 heavy (non-hydrogen) atoms. The Labute approximate surface area is 144 Å². The number of fused-ring (bicyclic) bond motifs is 1. The molecule has 0 saturated carbocycles. The van der Waals surface area contributed by atoms with Crippen LogP contribution in [0.5, 0.6) is 0 Å². The lowest BCUT2D eigenvalue weighted by Gasteiger charge is -2.04. The average molecular weight is 416 g/mol. The van der Waals surface area contributed by atoms with Crippen molar-refractivity contribution in [1.82, 2.24) is 19.3 Å². The molecule has 118 valence electrons. The molecule has 2 aromatic heterocycles. The van der Waals surface area contributed by atoms with Crippen molar-refractivity contribution < 1.29 is 13.2 Å². The van der Waals surface area contributed by atoms with Gasteiger partial charge in [-0.05, 0) is 34.1 Å². The van der Waals surface area contributed by atoms with E-state index in [9.17, 15) is 13.2 Å². The molecule has 1 N–H and O–H groups in total. The van der Waals surface area contributed by atoms with Gasteiger partial charge in [-0.1, -0.05) is 29.8 Å². The van der Waals surface area contributed by atoms with Gasteiger partial charge in [-0.3, -0.25) is 4.79 Å². The second-order valence-corrected chi connectivity index (χ2v) is 7.36. The topological polar surface area (TPSA) is 93.4 Å². The number of hydrogen-bond acceptors (Lipinski definition) is 5. The van der Waals surface area contributed by atoms with E-state index in [2.05, 4.69) is 26.0 Å². The summed E-state index contributed by atoms with van der Waals surface area (Å²) in [6.07, 6.45) is 1.29. The Balaban J connectivity index is 1.94. The fraction of sp³-hybridized carbons (Fsp3) is 0. The van der Waals surface area contributed by atoms with Gasteiger partial charge in [0.2, 0.25) is 0 Å². The SMILES string of the molecule is O=C(NS(=O)(=O)c1ccccc1)c1cn2nc(Br)cc(Cl)c2n1. The largest absolute Gasteiger partial charge is 0.285 e. The molecule has 0 atom stereocenters. The number of aromatic nitrogens is 3. The van der Waals surface area contributed by atoms with Crippen LogP contribution in [0.15, 0.2) is 52.1 Å².